The summed E-state index contributed by atoms with van der Waals surface area (Å²) in [6.07, 6.45) is 0. The molecule has 15 rings (SSSR count). The van der Waals surface area contributed by atoms with E-state index in [4.69, 9.17) is 4.42 Å². The van der Waals surface area contributed by atoms with E-state index in [2.05, 4.69) is 267 Å². The molecular weight excluding hydrogens is 871 g/mol. The van der Waals surface area contributed by atoms with Crippen LogP contribution in [0, 0.1) is 0 Å². The molecule has 3 aliphatic carbocycles. The third-order valence-electron chi connectivity index (χ3n) is 16.3. The number of benzene rings is 11. The molecule has 0 saturated carbocycles. The predicted octanol–water partition coefficient (Wildman–Crippen LogP) is 18.7. The van der Waals surface area contributed by atoms with Crippen LogP contribution in [0.2, 0.25) is 0 Å². The van der Waals surface area contributed by atoms with Gasteiger partial charge in [-0.15, -0.1) is 0 Å². The lowest BCUT2D eigenvalue weighted by molar-refractivity contribution is 0.660. The highest BCUT2D eigenvalue weighted by Gasteiger charge is 2.52. The van der Waals surface area contributed by atoms with E-state index in [0.29, 0.717) is 0 Å². The summed E-state index contributed by atoms with van der Waals surface area (Å²) in [7, 11) is 0. The van der Waals surface area contributed by atoms with Gasteiger partial charge in [-0.3, -0.25) is 0 Å². The second-order valence-electron chi connectivity index (χ2n) is 20.3. The Morgan fingerprint density at radius 3 is 1.58 bits per heavy atom. The summed E-state index contributed by atoms with van der Waals surface area (Å²) < 4.78 is 6.57. The zero-order chi connectivity index (χ0) is 47.7. The van der Waals surface area contributed by atoms with Crippen LogP contribution in [0.15, 0.2) is 253 Å². The number of furan rings is 1. The van der Waals surface area contributed by atoms with Crippen LogP contribution in [0.5, 0.6) is 0 Å². The Labute approximate surface area is 419 Å². The fraction of sp³-hybridized carbons (Fsp3) is 0.0571. The number of para-hydroxylation sites is 1. The van der Waals surface area contributed by atoms with Gasteiger partial charge in [0.15, 0.2) is 0 Å². The summed E-state index contributed by atoms with van der Waals surface area (Å²) in [5, 5.41) is 2.34. The van der Waals surface area contributed by atoms with Gasteiger partial charge in [0.2, 0.25) is 0 Å². The molecule has 72 heavy (non-hydrogen) atoms. The lowest BCUT2D eigenvalue weighted by atomic mass is 9.70. The zero-order valence-electron chi connectivity index (χ0n) is 40.0. The van der Waals surface area contributed by atoms with Crippen molar-refractivity contribution in [2.24, 2.45) is 0 Å². The van der Waals surface area contributed by atoms with Crippen molar-refractivity contribution in [3.05, 3.63) is 282 Å². The van der Waals surface area contributed by atoms with Crippen LogP contribution in [0.3, 0.4) is 0 Å². The van der Waals surface area contributed by atoms with Gasteiger partial charge in [-0.05, 0) is 161 Å². The molecule has 1 unspecified atom stereocenters. The maximum Gasteiger partial charge on any atom is 0.136 e. The minimum atomic E-state index is -0.540. The first kappa shape index (κ1) is 40.9. The molecule has 1 aromatic heterocycles. The van der Waals surface area contributed by atoms with E-state index >= 15 is 0 Å². The second-order valence-corrected chi connectivity index (χ2v) is 20.3. The number of hydrogen-bond donors (Lipinski definition) is 0. The van der Waals surface area contributed by atoms with Crippen LogP contribution >= 0.6 is 0 Å². The molecule has 0 bridgehead atoms. The molecule has 0 fully saturated rings. The maximum absolute atomic E-state index is 6.57. The van der Waals surface area contributed by atoms with Gasteiger partial charge >= 0.3 is 0 Å². The Kier molecular flexibility index (Phi) is 8.66. The van der Waals surface area contributed by atoms with Crippen LogP contribution in [-0.2, 0) is 10.8 Å². The first-order valence-electron chi connectivity index (χ1n) is 25.2. The Morgan fingerprint density at radius 2 is 0.833 bits per heavy atom. The molecule has 338 valence electrons. The van der Waals surface area contributed by atoms with Crippen LogP contribution in [-0.4, -0.2) is 0 Å². The van der Waals surface area contributed by atoms with Crippen LogP contribution < -0.4 is 4.90 Å². The molecule has 1 spiro atoms. The summed E-state index contributed by atoms with van der Waals surface area (Å²) in [5.74, 6) is 0. The van der Waals surface area contributed by atoms with Gasteiger partial charge in [0.1, 0.15) is 11.2 Å². The normalized spacial score (nSPS) is 15.2. The van der Waals surface area contributed by atoms with Crippen molar-refractivity contribution in [2.75, 3.05) is 4.90 Å². The minimum Gasteiger partial charge on any atom is -0.456 e. The Balaban J connectivity index is 0.964. The van der Waals surface area contributed by atoms with Gasteiger partial charge in [-0.2, -0.15) is 0 Å². The number of hydrogen-bond acceptors (Lipinski definition) is 2. The quantitative estimate of drug-likeness (QED) is 0.165. The molecule has 0 aliphatic heterocycles. The van der Waals surface area contributed by atoms with Crippen molar-refractivity contribution in [1.82, 2.24) is 0 Å². The van der Waals surface area contributed by atoms with Crippen LogP contribution in [0.1, 0.15) is 47.2 Å². The highest BCUT2D eigenvalue weighted by Crippen LogP contribution is 2.65. The Hall–Kier alpha value is -8.98. The monoisotopic (exact) mass is 917 g/mol. The summed E-state index contributed by atoms with van der Waals surface area (Å²) in [6, 6.07) is 92.4. The highest BCUT2D eigenvalue weighted by molar-refractivity contribution is 6.16. The topological polar surface area (TPSA) is 16.4 Å². The molecule has 0 N–H and O–H groups in total. The van der Waals surface area contributed by atoms with Crippen molar-refractivity contribution in [3.63, 3.8) is 0 Å². The zero-order valence-corrected chi connectivity index (χ0v) is 40.0. The fourth-order valence-electron chi connectivity index (χ4n) is 13.0. The summed E-state index contributed by atoms with van der Waals surface area (Å²) in [6.45, 7) is 4.74. The van der Waals surface area contributed by atoms with Gasteiger partial charge in [0.25, 0.3) is 0 Å². The molecule has 2 heteroatoms. The average Bonchev–Trinajstić information content (AvgIpc) is 4.13. The van der Waals surface area contributed by atoms with E-state index < -0.39 is 5.41 Å². The van der Waals surface area contributed by atoms with Gasteiger partial charge < -0.3 is 9.32 Å². The van der Waals surface area contributed by atoms with Crippen molar-refractivity contribution >= 4 is 39.0 Å². The first-order chi connectivity index (χ1) is 35.4. The van der Waals surface area contributed by atoms with Gasteiger partial charge in [0, 0.05) is 33.2 Å². The average molecular weight is 918 g/mol. The fourth-order valence-corrected chi connectivity index (χ4v) is 13.0. The van der Waals surface area contributed by atoms with E-state index in [-0.39, 0.29) is 5.41 Å². The van der Waals surface area contributed by atoms with Crippen LogP contribution in [0.4, 0.5) is 17.1 Å². The Bertz CT molecular complexity index is 4180. The van der Waals surface area contributed by atoms with Crippen LogP contribution in [0.25, 0.3) is 88.7 Å². The molecule has 12 aromatic rings. The third-order valence-corrected chi connectivity index (χ3v) is 16.3. The first-order valence-corrected chi connectivity index (χ1v) is 25.2. The molecular formula is C70H47NO. The molecule has 0 amide bonds. The lowest BCUT2D eigenvalue weighted by Gasteiger charge is -2.31. The molecule has 0 saturated heterocycles. The summed E-state index contributed by atoms with van der Waals surface area (Å²) in [5.41, 5.74) is 27.2. The van der Waals surface area contributed by atoms with E-state index in [0.717, 1.165) is 44.7 Å². The standard InChI is InChI=1S/C70H47NO/c1-69(2)59-25-13-9-21-53(59)55-36-34-51(43-63(55)69)71(50-32-29-46(30-33-50)44-17-5-3-6-18-44)52-40-48(45-19-7-4-8-20-45)39-49(41-52)47-31-35-56-54-22-10-14-26-60(54)70(64(56)42-47)61-27-15-11-23-57(61)67-62(70)37-38-66-68(67)58-24-12-16-28-65(58)72-66/h3-43H,1-2H3. The third kappa shape index (κ3) is 5.72. The van der Waals surface area contributed by atoms with Crippen molar-refractivity contribution in [3.8, 4) is 66.8 Å². The van der Waals surface area contributed by atoms with Crippen molar-refractivity contribution in [1.29, 1.82) is 0 Å². The number of nitrogens with zero attached hydrogens (tertiary/aromatic N) is 1. The maximum atomic E-state index is 6.57. The number of fused-ring (bicyclic) bond motifs is 17. The number of rotatable bonds is 6. The predicted molar refractivity (Wildman–Crippen MR) is 299 cm³/mol. The largest absolute Gasteiger partial charge is 0.456 e. The minimum absolute atomic E-state index is 0.159. The summed E-state index contributed by atoms with van der Waals surface area (Å²) >= 11 is 0. The lowest BCUT2D eigenvalue weighted by Crippen LogP contribution is -2.25. The molecule has 1 heterocycles. The van der Waals surface area contributed by atoms with Crippen molar-refractivity contribution < 1.29 is 4.42 Å². The second kappa shape index (κ2) is 15.3. The van der Waals surface area contributed by atoms with Gasteiger partial charge in [-0.25, -0.2) is 0 Å². The molecule has 3 aliphatic rings. The molecule has 0 radical (unpaired) electrons. The highest BCUT2D eigenvalue weighted by atomic mass is 16.3. The van der Waals surface area contributed by atoms with Crippen molar-refractivity contribution in [2.45, 2.75) is 24.7 Å². The SMILES string of the molecule is CC1(C)c2ccccc2-c2ccc(N(c3ccc(-c4ccccc4)cc3)c3cc(-c4ccccc4)cc(-c4ccc5c(c4)C4(c6ccccc6-5)c5ccccc5-c5c4ccc4oc6ccccc6c54)c3)cc21. The number of anilines is 3. The smallest absolute Gasteiger partial charge is 0.136 e. The van der Waals surface area contributed by atoms with E-state index in [1.807, 2.05) is 0 Å². The van der Waals surface area contributed by atoms with E-state index in [9.17, 15) is 0 Å². The van der Waals surface area contributed by atoms with E-state index in [1.165, 1.54) is 94.4 Å². The Morgan fingerprint density at radius 1 is 0.306 bits per heavy atom. The van der Waals surface area contributed by atoms with E-state index in [1.54, 1.807) is 0 Å². The van der Waals surface area contributed by atoms with Gasteiger partial charge in [0.05, 0.1) is 5.41 Å². The molecule has 2 nitrogen and oxygen atoms in total. The molecule has 11 aromatic carbocycles. The molecule has 1 atom stereocenters. The van der Waals surface area contributed by atoms with Gasteiger partial charge in [-0.1, -0.05) is 202 Å². The summed E-state index contributed by atoms with van der Waals surface area (Å²) in [4.78, 5) is 2.47.